The van der Waals surface area contributed by atoms with Crippen LogP contribution in [0.2, 0.25) is 0 Å². The highest BCUT2D eigenvalue weighted by atomic mass is 16.5. The number of methoxy groups -OCH3 is 1. The van der Waals surface area contributed by atoms with Gasteiger partial charge in [-0.15, -0.1) is 0 Å². The fourth-order valence-electron chi connectivity index (χ4n) is 2.75. The third kappa shape index (κ3) is 3.97. The first kappa shape index (κ1) is 15.4. The molecule has 0 fully saturated rings. The summed E-state index contributed by atoms with van der Waals surface area (Å²) in [4.78, 5) is 25.3. The van der Waals surface area contributed by atoms with E-state index in [0.29, 0.717) is 6.54 Å². The molecule has 1 unspecified atom stereocenters. The zero-order valence-electron chi connectivity index (χ0n) is 12.6. The van der Waals surface area contributed by atoms with Gasteiger partial charge in [-0.3, -0.25) is 4.79 Å². The Hall–Kier alpha value is -2.04. The predicted molar refractivity (Wildman–Crippen MR) is 81.2 cm³/mol. The van der Waals surface area contributed by atoms with Crippen molar-refractivity contribution < 1.29 is 14.3 Å². The maximum atomic E-state index is 11.9. The number of amides is 1. The average molecular weight is 290 g/mol. The van der Waals surface area contributed by atoms with Crippen molar-refractivity contribution in [2.24, 2.45) is 0 Å². The molecule has 5 nitrogen and oxygen atoms in total. The molecule has 1 aliphatic rings. The summed E-state index contributed by atoms with van der Waals surface area (Å²) >= 11 is 0. The number of aryl methyl sites for hydroxylation is 1. The first-order chi connectivity index (χ1) is 10.1. The Kier molecular flexibility index (Phi) is 5.20. The molecule has 1 amide bonds. The average Bonchev–Trinajstić information content (AvgIpc) is 2.68. The lowest BCUT2D eigenvalue weighted by molar-refractivity contribution is -0.144. The predicted octanol–water partition coefficient (Wildman–Crippen LogP) is 1.51. The number of hydrogen-bond donors (Lipinski definition) is 1. The van der Waals surface area contributed by atoms with E-state index in [4.69, 9.17) is 4.74 Å². The molecule has 2 rings (SSSR count). The molecule has 0 saturated carbocycles. The van der Waals surface area contributed by atoms with Gasteiger partial charge in [0.15, 0.2) is 0 Å². The number of fused-ring (bicyclic) bond motifs is 1. The number of nitrogens with zero attached hydrogens (tertiary/aromatic N) is 1. The quantitative estimate of drug-likeness (QED) is 0.854. The van der Waals surface area contributed by atoms with Gasteiger partial charge < -0.3 is 15.0 Å². The number of para-hydroxylation sites is 1. The Labute approximate surface area is 125 Å². The minimum absolute atomic E-state index is 0.228. The summed E-state index contributed by atoms with van der Waals surface area (Å²) in [7, 11) is 1.34. The van der Waals surface area contributed by atoms with E-state index in [1.54, 1.807) is 0 Å². The minimum Gasteiger partial charge on any atom is -0.467 e. The molecule has 0 aliphatic carbocycles. The van der Waals surface area contributed by atoms with Gasteiger partial charge in [0.2, 0.25) is 5.91 Å². The summed E-state index contributed by atoms with van der Waals surface area (Å²) in [6.45, 7) is 2.72. The topological polar surface area (TPSA) is 58.6 Å². The Morgan fingerprint density at radius 3 is 2.81 bits per heavy atom. The third-order valence-electron chi connectivity index (χ3n) is 3.72. The van der Waals surface area contributed by atoms with E-state index in [1.165, 1.54) is 19.6 Å². The van der Waals surface area contributed by atoms with Gasteiger partial charge in [-0.2, -0.15) is 0 Å². The lowest BCUT2D eigenvalue weighted by Crippen LogP contribution is -2.48. The SMILES string of the molecule is COC(=O)C(CN1CCCCc2ccccc21)NC(C)=O. The van der Waals surface area contributed by atoms with Crippen LogP contribution in [0.5, 0.6) is 0 Å². The van der Waals surface area contributed by atoms with Crippen LogP contribution < -0.4 is 10.2 Å². The first-order valence-corrected chi connectivity index (χ1v) is 7.29. The molecule has 0 bridgehead atoms. The number of nitrogens with one attached hydrogen (secondary N) is 1. The van der Waals surface area contributed by atoms with Gasteiger partial charge in [0, 0.05) is 25.7 Å². The number of anilines is 1. The van der Waals surface area contributed by atoms with Crippen LogP contribution in [0.25, 0.3) is 0 Å². The molecule has 0 spiro atoms. The van der Waals surface area contributed by atoms with Gasteiger partial charge >= 0.3 is 5.97 Å². The van der Waals surface area contributed by atoms with Gasteiger partial charge in [0.1, 0.15) is 6.04 Å². The maximum Gasteiger partial charge on any atom is 0.330 e. The van der Waals surface area contributed by atoms with E-state index in [9.17, 15) is 9.59 Å². The second-order valence-corrected chi connectivity index (χ2v) is 5.31. The molecule has 1 N–H and O–H groups in total. The number of carbonyl (C=O) groups is 2. The molecule has 1 aromatic rings. The maximum absolute atomic E-state index is 11.9. The summed E-state index contributed by atoms with van der Waals surface area (Å²) in [6, 6.07) is 7.59. The van der Waals surface area contributed by atoms with Crippen LogP contribution in [0.3, 0.4) is 0 Å². The molecule has 5 heteroatoms. The first-order valence-electron chi connectivity index (χ1n) is 7.29. The second kappa shape index (κ2) is 7.11. The Morgan fingerprint density at radius 1 is 1.33 bits per heavy atom. The third-order valence-corrected chi connectivity index (χ3v) is 3.72. The highest BCUT2D eigenvalue weighted by Crippen LogP contribution is 2.26. The number of rotatable bonds is 4. The van der Waals surface area contributed by atoms with E-state index in [0.717, 1.165) is 31.5 Å². The molecule has 0 saturated heterocycles. The summed E-state index contributed by atoms with van der Waals surface area (Å²) in [5.74, 6) is -0.638. The zero-order valence-corrected chi connectivity index (χ0v) is 12.6. The van der Waals surface area contributed by atoms with Gasteiger partial charge in [0.05, 0.1) is 7.11 Å². The minimum atomic E-state index is -0.640. The molecule has 0 radical (unpaired) electrons. The summed E-state index contributed by atoms with van der Waals surface area (Å²) in [5.41, 5.74) is 2.44. The van der Waals surface area contributed by atoms with Crippen LogP contribution in [0.1, 0.15) is 25.3 Å². The monoisotopic (exact) mass is 290 g/mol. The van der Waals surface area contributed by atoms with Crippen molar-refractivity contribution in [3.05, 3.63) is 29.8 Å². The summed E-state index contributed by atoms with van der Waals surface area (Å²) in [6.07, 6.45) is 3.26. The van der Waals surface area contributed by atoms with Crippen molar-refractivity contribution in [2.75, 3.05) is 25.1 Å². The number of hydrogen-bond acceptors (Lipinski definition) is 4. The number of ether oxygens (including phenoxy) is 1. The molecule has 1 aromatic carbocycles. The van der Waals surface area contributed by atoms with Crippen molar-refractivity contribution in [2.45, 2.75) is 32.2 Å². The van der Waals surface area contributed by atoms with E-state index in [2.05, 4.69) is 22.3 Å². The van der Waals surface area contributed by atoms with Crippen molar-refractivity contribution in [3.8, 4) is 0 Å². The molecular formula is C16H22N2O3. The van der Waals surface area contributed by atoms with E-state index < -0.39 is 12.0 Å². The Bertz CT molecular complexity index is 516. The fraction of sp³-hybridized carbons (Fsp3) is 0.500. The van der Waals surface area contributed by atoms with Crippen LogP contribution in [-0.4, -0.2) is 38.1 Å². The van der Waals surface area contributed by atoms with Crippen molar-refractivity contribution in [1.29, 1.82) is 0 Å². The lowest BCUT2D eigenvalue weighted by Gasteiger charge is -2.28. The lowest BCUT2D eigenvalue weighted by atomic mass is 10.1. The van der Waals surface area contributed by atoms with E-state index >= 15 is 0 Å². The number of benzene rings is 1. The second-order valence-electron chi connectivity index (χ2n) is 5.31. The van der Waals surface area contributed by atoms with Gasteiger partial charge in [0.25, 0.3) is 0 Å². The largest absolute Gasteiger partial charge is 0.467 e. The molecule has 0 aromatic heterocycles. The smallest absolute Gasteiger partial charge is 0.330 e. The highest BCUT2D eigenvalue weighted by molar-refractivity contribution is 5.83. The summed E-state index contributed by atoms with van der Waals surface area (Å²) < 4.78 is 4.79. The van der Waals surface area contributed by atoms with Crippen LogP contribution in [0, 0.1) is 0 Å². The number of esters is 1. The zero-order chi connectivity index (χ0) is 15.2. The van der Waals surface area contributed by atoms with Gasteiger partial charge in [-0.25, -0.2) is 4.79 Å². The molecule has 1 atom stereocenters. The molecule has 114 valence electrons. The van der Waals surface area contributed by atoms with Crippen molar-refractivity contribution in [3.63, 3.8) is 0 Å². The Balaban J connectivity index is 2.19. The molecule has 1 aliphatic heterocycles. The van der Waals surface area contributed by atoms with Crippen LogP contribution in [-0.2, 0) is 20.7 Å². The van der Waals surface area contributed by atoms with E-state index in [1.807, 2.05) is 12.1 Å². The van der Waals surface area contributed by atoms with Gasteiger partial charge in [-0.05, 0) is 30.9 Å². The van der Waals surface area contributed by atoms with Gasteiger partial charge in [-0.1, -0.05) is 18.2 Å². The molecular weight excluding hydrogens is 268 g/mol. The van der Waals surface area contributed by atoms with Crippen LogP contribution >= 0.6 is 0 Å². The van der Waals surface area contributed by atoms with Crippen molar-refractivity contribution >= 4 is 17.6 Å². The fourth-order valence-corrected chi connectivity index (χ4v) is 2.75. The standard InChI is InChI=1S/C16H22N2O3/c1-12(19)17-14(16(20)21-2)11-18-10-6-5-8-13-7-3-4-9-15(13)18/h3-4,7,9,14H,5-6,8,10-11H2,1-2H3,(H,17,19). The summed E-state index contributed by atoms with van der Waals surface area (Å²) in [5, 5.41) is 2.67. The molecule has 1 heterocycles. The van der Waals surface area contributed by atoms with Crippen molar-refractivity contribution in [1.82, 2.24) is 5.32 Å². The van der Waals surface area contributed by atoms with Crippen LogP contribution in [0.4, 0.5) is 5.69 Å². The number of carbonyl (C=O) groups excluding carboxylic acids is 2. The highest BCUT2D eigenvalue weighted by Gasteiger charge is 2.25. The van der Waals surface area contributed by atoms with E-state index in [-0.39, 0.29) is 5.91 Å². The molecule has 21 heavy (non-hydrogen) atoms. The normalized spacial score (nSPS) is 15.6. The van der Waals surface area contributed by atoms with Crippen LogP contribution in [0.15, 0.2) is 24.3 Å². The Morgan fingerprint density at radius 2 is 2.10 bits per heavy atom.